The van der Waals surface area contributed by atoms with Gasteiger partial charge in [-0.25, -0.2) is 13.8 Å². The van der Waals surface area contributed by atoms with Gasteiger partial charge in [0.25, 0.3) is 5.92 Å². The Morgan fingerprint density at radius 1 is 1.21 bits per heavy atom. The molecule has 0 saturated heterocycles. The van der Waals surface area contributed by atoms with Crippen molar-refractivity contribution in [3.05, 3.63) is 28.9 Å². The molecule has 0 aromatic carbocycles. The van der Waals surface area contributed by atoms with E-state index in [1.165, 1.54) is 6.20 Å². The highest BCUT2D eigenvalue weighted by Gasteiger charge is 2.59. The zero-order chi connectivity index (χ0) is 24.9. The van der Waals surface area contributed by atoms with Gasteiger partial charge in [-0.1, -0.05) is 25.3 Å². The molecular formula is C27H42F2N2O2. The van der Waals surface area contributed by atoms with Crippen LogP contribution in [0.3, 0.4) is 0 Å². The molecule has 1 heterocycles. The number of ketones is 1. The van der Waals surface area contributed by atoms with Gasteiger partial charge in [-0.15, -0.1) is 0 Å². The number of unbranched alkanes of at least 4 members (excludes halogenated alkanes) is 1. The lowest BCUT2D eigenvalue weighted by Crippen LogP contribution is -2.27. The number of ether oxygens (including phenoxy) is 1. The summed E-state index contributed by atoms with van der Waals surface area (Å²) in [7, 11) is 0. The zero-order valence-electron chi connectivity index (χ0n) is 21.6. The first-order chi connectivity index (χ1) is 15.3. The Hall–Kier alpha value is -1.69. The van der Waals surface area contributed by atoms with Crippen LogP contribution in [0, 0.1) is 18.3 Å². The number of hydrogen-bond acceptors (Lipinski definition) is 4. The maximum atomic E-state index is 14.0. The summed E-state index contributed by atoms with van der Waals surface area (Å²) >= 11 is 0. The number of carbonyl (C=O) groups is 1. The van der Waals surface area contributed by atoms with E-state index in [4.69, 9.17) is 4.74 Å². The SMILES string of the molecule is CCCC(CCCCC(=O)c1cnc(/C=C(\C)C2(C(C)(F)F)CC2)c(C)n1)COC(C)(C)C. The number of aromatic nitrogens is 2. The fraction of sp³-hybridized carbons (Fsp3) is 0.741. The van der Waals surface area contributed by atoms with E-state index >= 15 is 0 Å². The van der Waals surface area contributed by atoms with Gasteiger partial charge < -0.3 is 4.74 Å². The highest BCUT2D eigenvalue weighted by molar-refractivity contribution is 5.94. The molecule has 0 radical (unpaired) electrons. The van der Waals surface area contributed by atoms with Crippen LogP contribution in [-0.4, -0.2) is 33.9 Å². The lowest BCUT2D eigenvalue weighted by atomic mass is 9.90. The zero-order valence-corrected chi connectivity index (χ0v) is 21.6. The number of rotatable bonds is 13. The molecule has 6 heteroatoms. The summed E-state index contributed by atoms with van der Waals surface area (Å²) < 4.78 is 33.9. The first-order valence-corrected chi connectivity index (χ1v) is 12.4. The number of halogens is 2. The third kappa shape index (κ3) is 7.94. The lowest BCUT2D eigenvalue weighted by Gasteiger charge is -2.24. The predicted molar refractivity (Wildman–Crippen MR) is 130 cm³/mol. The Morgan fingerprint density at radius 2 is 1.88 bits per heavy atom. The van der Waals surface area contributed by atoms with Gasteiger partial charge in [0, 0.05) is 13.3 Å². The maximum Gasteiger partial charge on any atom is 0.254 e. The van der Waals surface area contributed by atoms with Crippen LogP contribution < -0.4 is 0 Å². The molecule has 1 unspecified atom stereocenters. The second-order valence-electron chi connectivity index (χ2n) is 10.8. The third-order valence-electron chi connectivity index (χ3n) is 6.68. The van der Waals surface area contributed by atoms with Crippen molar-refractivity contribution in [1.29, 1.82) is 0 Å². The molecule has 2 rings (SSSR count). The predicted octanol–water partition coefficient (Wildman–Crippen LogP) is 7.60. The molecule has 1 atom stereocenters. The summed E-state index contributed by atoms with van der Waals surface area (Å²) in [5, 5.41) is 0. The summed E-state index contributed by atoms with van der Waals surface area (Å²) in [6.45, 7) is 13.7. The highest BCUT2D eigenvalue weighted by Crippen LogP contribution is 2.61. The van der Waals surface area contributed by atoms with Crippen molar-refractivity contribution in [2.45, 2.75) is 111 Å². The first kappa shape index (κ1) is 27.6. The fourth-order valence-corrected chi connectivity index (χ4v) is 4.35. The van der Waals surface area contributed by atoms with Gasteiger partial charge >= 0.3 is 0 Å². The quantitative estimate of drug-likeness (QED) is 0.223. The van der Waals surface area contributed by atoms with Crippen molar-refractivity contribution in [1.82, 2.24) is 9.97 Å². The normalized spacial score (nSPS) is 17.2. The second kappa shape index (κ2) is 11.2. The highest BCUT2D eigenvalue weighted by atomic mass is 19.3. The topological polar surface area (TPSA) is 52.1 Å². The van der Waals surface area contributed by atoms with Crippen LogP contribution in [0.1, 0.15) is 115 Å². The van der Waals surface area contributed by atoms with Crippen molar-refractivity contribution in [3.63, 3.8) is 0 Å². The van der Waals surface area contributed by atoms with Crippen LogP contribution in [-0.2, 0) is 4.74 Å². The average Bonchev–Trinajstić information content (AvgIpc) is 3.52. The molecular weight excluding hydrogens is 422 g/mol. The molecule has 0 aliphatic heterocycles. The van der Waals surface area contributed by atoms with E-state index in [9.17, 15) is 13.6 Å². The standard InChI is InChI=1S/C27H42F2N2O2/c1-8-11-21(18-33-25(4,5)6)12-9-10-13-24(32)23-17-30-22(20(3)31-23)16-19(2)27(14-15-27)26(7,28)29/h16-17,21H,8-15,18H2,1-7H3/b19-16+. The largest absolute Gasteiger partial charge is 0.376 e. The molecule has 0 amide bonds. The number of aryl methyl sites for hydroxylation is 1. The summed E-state index contributed by atoms with van der Waals surface area (Å²) in [6, 6.07) is 0. The molecule has 1 fully saturated rings. The molecule has 33 heavy (non-hydrogen) atoms. The van der Waals surface area contributed by atoms with Crippen LogP contribution in [0.5, 0.6) is 0 Å². The van der Waals surface area contributed by atoms with Crippen molar-refractivity contribution >= 4 is 11.9 Å². The number of Topliss-reactive ketones (excluding diaryl/α,β-unsaturated/α-hetero) is 1. The number of alkyl halides is 2. The van der Waals surface area contributed by atoms with Gasteiger partial charge in [-0.3, -0.25) is 9.78 Å². The number of nitrogens with zero attached hydrogens (tertiary/aromatic N) is 2. The molecule has 0 spiro atoms. The van der Waals surface area contributed by atoms with Crippen molar-refractivity contribution < 1.29 is 18.3 Å². The molecule has 0 bridgehead atoms. The number of carbonyl (C=O) groups excluding carboxylic acids is 1. The van der Waals surface area contributed by atoms with Gasteiger partial charge in [-0.05, 0) is 78.7 Å². The Balaban J connectivity index is 1.89. The van der Waals surface area contributed by atoms with Gasteiger partial charge in [0.1, 0.15) is 5.69 Å². The summed E-state index contributed by atoms with van der Waals surface area (Å²) in [4.78, 5) is 21.4. The summed E-state index contributed by atoms with van der Waals surface area (Å²) in [5.41, 5.74) is 0.950. The Labute approximate surface area is 198 Å². The minimum Gasteiger partial charge on any atom is -0.376 e. The van der Waals surface area contributed by atoms with Crippen molar-refractivity contribution in [3.8, 4) is 0 Å². The lowest BCUT2D eigenvalue weighted by molar-refractivity contribution is -0.0378. The fourth-order valence-electron chi connectivity index (χ4n) is 4.35. The minimum atomic E-state index is -2.75. The van der Waals surface area contributed by atoms with E-state index < -0.39 is 11.3 Å². The third-order valence-corrected chi connectivity index (χ3v) is 6.68. The molecule has 1 aliphatic carbocycles. The van der Waals surface area contributed by atoms with Crippen molar-refractivity contribution in [2.75, 3.05) is 6.61 Å². The summed E-state index contributed by atoms with van der Waals surface area (Å²) in [5.74, 6) is -2.25. The van der Waals surface area contributed by atoms with E-state index in [-0.39, 0.29) is 11.4 Å². The number of allylic oxidation sites excluding steroid dienone is 1. The van der Waals surface area contributed by atoms with Gasteiger partial charge in [-0.2, -0.15) is 0 Å². The van der Waals surface area contributed by atoms with E-state index in [2.05, 4.69) is 37.7 Å². The molecule has 1 saturated carbocycles. The average molecular weight is 465 g/mol. The summed E-state index contributed by atoms with van der Waals surface area (Å²) in [6.07, 6.45) is 9.70. The maximum absolute atomic E-state index is 14.0. The van der Waals surface area contributed by atoms with Gasteiger partial charge in [0.15, 0.2) is 5.78 Å². The first-order valence-electron chi connectivity index (χ1n) is 12.4. The molecule has 1 aromatic rings. The molecule has 186 valence electrons. The Bertz CT molecular complexity index is 834. The van der Waals surface area contributed by atoms with Crippen LogP contribution in [0.25, 0.3) is 6.08 Å². The van der Waals surface area contributed by atoms with Crippen LogP contribution in [0.2, 0.25) is 0 Å². The van der Waals surface area contributed by atoms with E-state index in [0.717, 1.165) is 45.6 Å². The smallest absolute Gasteiger partial charge is 0.254 e. The monoisotopic (exact) mass is 464 g/mol. The van der Waals surface area contributed by atoms with Crippen LogP contribution >= 0.6 is 0 Å². The van der Waals surface area contributed by atoms with Gasteiger partial charge in [0.2, 0.25) is 0 Å². The molecule has 1 aliphatic rings. The van der Waals surface area contributed by atoms with E-state index in [0.29, 0.717) is 47.8 Å². The minimum absolute atomic E-state index is 0.0189. The van der Waals surface area contributed by atoms with Gasteiger partial charge in [0.05, 0.1) is 35.2 Å². The second-order valence-corrected chi connectivity index (χ2v) is 10.8. The van der Waals surface area contributed by atoms with Crippen molar-refractivity contribution in [2.24, 2.45) is 11.3 Å². The molecule has 4 nitrogen and oxygen atoms in total. The molecule has 0 N–H and O–H groups in total. The van der Waals surface area contributed by atoms with Crippen LogP contribution in [0.15, 0.2) is 11.8 Å². The Morgan fingerprint density at radius 3 is 2.39 bits per heavy atom. The van der Waals surface area contributed by atoms with Crippen LogP contribution in [0.4, 0.5) is 8.78 Å². The Kier molecular flexibility index (Phi) is 9.32. The number of hydrogen-bond donors (Lipinski definition) is 0. The molecule has 1 aromatic heterocycles. The van der Waals surface area contributed by atoms with E-state index in [1.54, 1.807) is 19.9 Å². The van der Waals surface area contributed by atoms with E-state index in [1.807, 2.05) is 0 Å².